The maximum Gasteiger partial charge on any atom is 0.242 e. The summed E-state index contributed by atoms with van der Waals surface area (Å²) < 4.78 is 1.18. The quantitative estimate of drug-likeness (QED) is 0.304. The zero-order valence-corrected chi connectivity index (χ0v) is 21.7. The monoisotopic (exact) mass is 465 g/mol. The lowest BCUT2D eigenvalue weighted by molar-refractivity contribution is -0.607. The van der Waals surface area contributed by atoms with Crippen molar-refractivity contribution >= 4 is 0 Å². The molecule has 0 unspecified atom stereocenters. The van der Waals surface area contributed by atoms with E-state index in [1.165, 1.54) is 34.4 Å². The molecular weight excluding hydrogens is 430 g/mol. The molecule has 6 aliphatic rings. The number of hydrogen-bond acceptors (Lipinski definition) is 3. The van der Waals surface area contributed by atoms with E-state index in [0.29, 0.717) is 40.7 Å². The van der Waals surface area contributed by atoms with Gasteiger partial charge in [0.05, 0.1) is 11.4 Å². The van der Waals surface area contributed by atoms with E-state index < -0.39 is 0 Å². The molecule has 0 aliphatic heterocycles. The zero-order chi connectivity index (χ0) is 24.4. The number of hydrogen-bond donors (Lipinski definition) is 0. The van der Waals surface area contributed by atoms with Gasteiger partial charge in [0, 0.05) is 29.2 Å². The van der Waals surface area contributed by atoms with E-state index >= 15 is 0 Å². The third-order valence-electron chi connectivity index (χ3n) is 10.9. The molecule has 180 valence electrons. The second-order valence-electron chi connectivity index (χ2n) is 12.9. The summed E-state index contributed by atoms with van der Waals surface area (Å²) in [7, 11) is 0. The molecule has 0 radical (unpaired) electrons. The molecule has 0 aromatic carbocycles. The minimum Gasteiger partial charge on any atom is -0.618 e. The van der Waals surface area contributed by atoms with E-state index in [0.717, 1.165) is 22.8 Å². The lowest BCUT2D eigenvalue weighted by atomic mass is 9.45. The Labute approximate surface area is 208 Å². The van der Waals surface area contributed by atoms with Crippen molar-refractivity contribution in [1.29, 1.82) is 0 Å². The van der Waals surface area contributed by atoms with E-state index in [2.05, 4.69) is 59.7 Å². The van der Waals surface area contributed by atoms with Crippen LogP contribution in [0.25, 0.3) is 22.8 Å². The van der Waals surface area contributed by atoms with Gasteiger partial charge in [-0.3, -0.25) is 4.98 Å². The van der Waals surface area contributed by atoms with Gasteiger partial charge in [-0.1, -0.05) is 53.7 Å². The summed E-state index contributed by atoms with van der Waals surface area (Å²) in [5, 5.41) is 13.6. The Balaban J connectivity index is 1.28. The van der Waals surface area contributed by atoms with Crippen molar-refractivity contribution in [3.8, 4) is 22.8 Å². The van der Waals surface area contributed by atoms with Gasteiger partial charge in [0.15, 0.2) is 5.69 Å². The molecule has 9 rings (SSSR count). The van der Waals surface area contributed by atoms with Crippen LogP contribution in [0.1, 0.15) is 101 Å². The molecule has 6 atom stereocenters. The van der Waals surface area contributed by atoms with Crippen LogP contribution in [0.3, 0.4) is 0 Å². The molecule has 0 amide bonds. The first kappa shape index (κ1) is 21.5. The first-order valence-electron chi connectivity index (χ1n) is 13.4. The third kappa shape index (κ3) is 2.61. The highest BCUT2D eigenvalue weighted by molar-refractivity contribution is 5.62. The van der Waals surface area contributed by atoms with Crippen molar-refractivity contribution in [2.75, 3.05) is 0 Å². The average Bonchev–Trinajstić information content (AvgIpc) is 2.83. The number of rotatable bonds is 2. The van der Waals surface area contributed by atoms with Crippen LogP contribution in [-0.2, 0) is 0 Å². The summed E-state index contributed by atoms with van der Waals surface area (Å²) in [5.74, 6) is 3.13. The van der Waals surface area contributed by atoms with Gasteiger partial charge in [-0.05, 0) is 77.2 Å². The van der Waals surface area contributed by atoms with Crippen molar-refractivity contribution in [2.24, 2.45) is 22.7 Å². The molecular formula is C31H35N3O. The molecule has 4 nitrogen and oxygen atoms in total. The summed E-state index contributed by atoms with van der Waals surface area (Å²) >= 11 is 0. The van der Waals surface area contributed by atoms with Crippen molar-refractivity contribution in [2.45, 2.75) is 78.1 Å². The van der Waals surface area contributed by atoms with Crippen LogP contribution >= 0.6 is 0 Å². The Morgan fingerprint density at radius 1 is 0.743 bits per heavy atom. The minimum atomic E-state index is 0.269. The Hall–Kier alpha value is -2.75. The summed E-state index contributed by atoms with van der Waals surface area (Å²) in [6.45, 7) is 14.1. The zero-order valence-electron chi connectivity index (χ0n) is 21.7. The van der Waals surface area contributed by atoms with E-state index in [9.17, 15) is 5.21 Å². The summed E-state index contributed by atoms with van der Waals surface area (Å²) in [5.41, 5.74) is 8.64. The molecule has 3 aromatic rings. The second-order valence-corrected chi connectivity index (χ2v) is 12.9. The van der Waals surface area contributed by atoms with Gasteiger partial charge in [0.2, 0.25) is 5.69 Å². The second kappa shape index (κ2) is 6.72. The van der Waals surface area contributed by atoms with Gasteiger partial charge in [-0.25, -0.2) is 4.98 Å². The summed E-state index contributed by atoms with van der Waals surface area (Å²) in [6, 6.07) is 14.6. The van der Waals surface area contributed by atoms with Crippen LogP contribution in [-0.4, -0.2) is 9.97 Å². The van der Waals surface area contributed by atoms with Crippen molar-refractivity contribution in [1.82, 2.24) is 9.97 Å². The van der Waals surface area contributed by atoms with Crippen LogP contribution in [0.5, 0.6) is 0 Å². The smallest absolute Gasteiger partial charge is 0.242 e. The summed E-state index contributed by atoms with van der Waals surface area (Å²) in [6.07, 6.45) is 2.49. The van der Waals surface area contributed by atoms with Gasteiger partial charge in [-0.2, -0.15) is 4.73 Å². The molecule has 0 saturated heterocycles. The van der Waals surface area contributed by atoms with Crippen LogP contribution in [0.15, 0.2) is 42.5 Å². The Morgan fingerprint density at radius 2 is 1.34 bits per heavy atom. The highest BCUT2D eigenvalue weighted by Crippen LogP contribution is 2.67. The van der Waals surface area contributed by atoms with Gasteiger partial charge < -0.3 is 5.21 Å². The Bertz CT molecular complexity index is 1390. The molecule has 0 N–H and O–H groups in total. The van der Waals surface area contributed by atoms with Crippen molar-refractivity contribution in [3.05, 3.63) is 70.2 Å². The first-order valence-corrected chi connectivity index (χ1v) is 13.4. The van der Waals surface area contributed by atoms with Gasteiger partial charge in [0.1, 0.15) is 5.69 Å². The normalized spacial score (nSPS) is 32.6. The van der Waals surface area contributed by atoms with E-state index in [1.54, 1.807) is 0 Å². The van der Waals surface area contributed by atoms with E-state index in [1.807, 2.05) is 24.3 Å². The SMILES string of the molecule is C[C@@H]1c2nc(-c3cccc(-c4ccc5c([n+]4[O-])[C@@H](C)[C@H]4C[C@@H]5C4(C)C)n3)ccc2[C@@H]2C[C@H]1C2(C)C. The van der Waals surface area contributed by atoms with Crippen molar-refractivity contribution in [3.63, 3.8) is 0 Å². The molecule has 4 heteroatoms. The predicted molar refractivity (Wildman–Crippen MR) is 138 cm³/mol. The molecule has 4 bridgehead atoms. The van der Waals surface area contributed by atoms with Gasteiger partial charge in [0.25, 0.3) is 0 Å². The molecule has 6 aliphatic carbocycles. The number of aromatic nitrogens is 3. The molecule has 35 heavy (non-hydrogen) atoms. The standard InChI is InChI=1S/C31H35N3O/c1-16-20-14-22(30(20,3)4)18-10-12-25(33-28(16)18)24-8-7-9-26(32-24)27-13-11-19-23-15-21(31(23,5)6)17(2)29(19)34(27)35/h7-13,16-17,20-23H,14-15H2,1-6H3/t16-,17-,20+,21+,22-,23-/m0/s1. The lowest BCUT2D eigenvalue weighted by Crippen LogP contribution is -2.54. The number of pyridine rings is 3. The lowest BCUT2D eigenvalue weighted by Gasteiger charge is -2.59. The maximum absolute atomic E-state index is 13.6. The fourth-order valence-electron chi connectivity index (χ4n) is 8.56. The van der Waals surface area contributed by atoms with Gasteiger partial charge in [-0.15, -0.1) is 0 Å². The fourth-order valence-corrected chi connectivity index (χ4v) is 8.56. The van der Waals surface area contributed by atoms with Crippen LogP contribution in [0.2, 0.25) is 0 Å². The molecule has 3 aromatic heterocycles. The summed E-state index contributed by atoms with van der Waals surface area (Å²) in [4.78, 5) is 10.1. The van der Waals surface area contributed by atoms with Gasteiger partial charge >= 0.3 is 0 Å². The number of nitrogens with zero attached hydrogens (tertiary/aromatic N) is 3. The highest BCUT2D eigenvalue weighted by atomic mass is 16.5. The molecule has 2 saturated carbocycles. The van der Waals surface area contributed by atoms with Crippen LogP contribution in [0.4, 0.5) is 0 Å². The van der Waals surface area contributed by atoms with E-state index in [4.69, 9.17) is 9.97 Å². The fraction of sp³-hybridized carbons (Fsp3) is 0.516. The highest BCUT2D eigenvalue weighted by Gasteiger charge is 2.59. The average molecular weight is 466 g/mol. The van der Waals surface area contributed by atoms with E-state index in [-0.39, 0.29) is 11.3 Å². The Morgan fingerprint density at radius 3 is 2.06 bits per heavy atom. The Kier molecular flexibility index (Phi) is 4.13. The molecule has 2 fully saturated rings. The first-order chi connectivity index (χ1) is 16.6. The third-order valence-corrected chi connectivity index (χ3v) is 10.9. The van der Waals surface area contributed by atoms with Crippen LogP contribution < -0.4 is 4.73 Å². The minimum absolute atomic E-state index is 0.269. The van der Waals surface area contributed by atoms with Crippen LogP contribution in [0, 0.1) is 27.9 Å². The topological polar surface area (TPSA) is 52.7 Å². The van der Waals surface area contributed by atoms with Crippen molar-refractivity contribution < 1.29 is 4.73 Å². The maximum atomic E-state index is 13.6. The molecule has 3 heterocycles. The molecule has 0 spiro atoms. The predicted octanol–water partition coefficient (Wildman–Crippen LogP) is 6.94. The largest absolute Gasteiger partial charge is 0.618 e.